The van der Waals surface area contributed by atoms with E-state index in [1.807, 2.05) is 36.4 Å². The Balaban J connectivity index is 1.20. The average Bonchev–Trinajstić information content (AvgIpc) is 3.43. The first-order valence-electron chi connectivity index (χ1n) is 16.0. The van der Waals surface area contributed by atoms with Gasteiger partial charge < -0.3 is 30.2 Å². The minimum absolute atomic E-state index is 0.0344. The first kappa shape index (κ1) is 30.0. The van der Waals surface area contributed by atoms with Crippen LogP contribution in [0.25, 0.3) is 11.3 Å². The summed E-state index contributed by atoms with van der Waals surface area (Å²) in [6, 6.07) is 16.4. The lowest BCUT2D eigenvalue weighted by Gasteiger charge is -2.38. The number of benzene rings is 2. The molecule has 0 radical (unpaired) electrons. The third kappa shape index (κ3) is 6.56. The van der Waals surface area contributed by atoms with Crippen LogP contribution in [0.1, 0.15) is 76.3 Å². The second-order valence-electron chi connectivity index (χ2n) is 13.0. The summed E-state index contributed by atoms with van der Waals surface area (Å²) in [5.74, 6) is 3.74. The normalized spacial score (nSPS) is 30.6. The Morgan fingerprint density at radius 2 is 1.64 bits per heavy atom. The van der Waals surface area contributed by atoms with E-state index in [2.05, 4.69) is 46.9 Å². The van der Waals surface area contributed by atoms with E-state index in [1.165, 1.54) is 12.8 Å². The molecule has 234 valence electrons. The van der Waals surface area contributed by atoms with Gasteiger partial charge in [-0.1, -0.05) is 31.9 Å². The molecule has 4 atom stereocenters. The Bertz CT molecular complexity index is 1410. The number of fused-ring (bicyclic) bond motifs is 1. The molecular formula is C35H45N5O4. The Kier molecular flexibility index (Phi) is 8.82. The maximum Gasteiger partial charge on any atom is 0.315 e. The van der Waals surface area contributed by atoms with E-state index in [1.54, 1.807) is 20.6 Å². The number of ether oxygens (including phenoxy) is 3. The summed E-state index contributed by atoms with van der Waals surface area (Å²) < 4.78 is 17.4. The number of hydrogen-bond donors (Lipinski definition) is 3. The van der Waals surface area contributed by atoms with Gasteiger partial charge in [-0.15, -0.1) is 0 Å². The molecule has 4 unspecified atom stereocenters. The molecule has 2 amide bonds. The number of urea groups is 1. The van der Waals surface area contributed by atoms with Gasteiger partial charge in [-0.3, -0.25) is 4.99 Å². The summed E-state index contributed by atoms with van der Waals surface area (Å²) in [5.41, 5.74) is 2.80. The van der Waals surface area contributed by atoms with Gasteiger partial charge in [-0.25, -0.2) is 9.79 Å². The van der Waals surface area contributed by atoms with Crippen LogP contribution in [0.3, 0.4) is 0 Å². The predicted molar refractivity (Wildman–Crippen MR) is 174 cm³/mol. The van der Waals surface area contributed by atoms with Crippen molar-refractivity contribution in [1.29, 1.82) is 0 Å². The molecule has 0 bridgehead atoms. The molecule has 9 nitrogen and oxygen atoms in total. The highest BCUT2D eigenvalue weighted by molar-refractivity contribution is 6.08. The Morgan fingerprint density at radius 3 is 2.27 bits per heavy atom. The van der Waals surface area contributed by atoms with E-state index in [0.29, 0.717) is 5.92 Å². The highest BCUT2D eigenvalue weighted by Crippen LogP contribution is 2.45. The number of hydrogen-bond acceptors (Lipinski definition) is 6. The SMILES string of the molecule is COc1ccc(C2=C(c3ccc(OC)cc3)C3C(=NC4CCC(C)(NC(=O)NC5CCCC(C)C5)CC4)NC=NC3O2)cc1. The zero-order valence-corrected chi connectivity index (χ0v) is 26.3. The van der Waals surface area contributed by atoms with Gasteiger partial charge in [0, 0.05) is 22.7 Å². The lowest BCUT2D eigenvalue weighted by Crippen LogP contribution is -2.54. The molecule has 44 heavy (non-hydrogen) atoms. The fourth-order valence-corrected chi connectivity index (χ4v) is 7.11. The number of nitrogens with zero attached hydrogens (tertiary/aromatic N) is 2. The number of aliphatic imine (C=N–C) groups is 2. The van der Waals surface area contributed by atoms with Crippen molar-refractivity contribution in [3.63, 3.8) is 0 Å². The van der Waals surface area contributed by atoms with Gasteiger partial charge in [0.1, 0.15) is 29.0 Å². The molecular weight excluding hydrogens is 554 g/mol. The van der Waals surface area contributed by atoms with Gasteiger partial charge in [0.05, 0.1) is 26.6 Å². The van der Waals surface area contributed by atoms with E-state index in [4.69, 9.17) is 19.2 Å². The number of amides is 2. The van der Waals surface area contributed by atoms with E-state index in [9.17, 15) is 4.79 Å². The van der Waals surface area contributed by atoms with Crippen molar-refractivity contribution in [1.82, 2.24) is 16.0 Å². The Labute approximate surface area is 260 Å². The maximum atomic E-state index is 12.9. The minimum Gasteiger partial charge on any atom is -0.497 e. The zero-order chi connectivity index (χ0) is 30.7. The second-order valence-corrected chi connectivity index (χ2v) is 13.0. The fraction of sp³-hybridized carbons (Fsp3) is 0.514. The van der Waals surface area contributed by atoms with Crippen LogP contribution in [-0.2, 0) is 4.74 Å². The van der Waals surface area contributed by atoms with Crippen molar-refractivity contribution in [2.45, 2.75) is 89.1 Å². The molecule has 2 heterocycles. The van der Waals surface area contributed by atoms with Crippen LogP contribution in [0.15, 0.2) is 58.5 Å². The number of nitrogens with one attached hydrogen (secondary N) is 3. The Morgan fingerprint density at radius 1 is 0.977 bits per heavy atom. The number of amidine groups is 1. The smallest absolute Gasteiger partial charge is 0.315 e. The largest absolute Gasteiger partial charge is 0.497 e. The molecule has 2 fully saturated rings. The number of rotatable bonds is 7. The zero-order valence-electron chi connectivity index (χ0n) is 26.3. The fourth-order valence-electron chi connectivity index (χ4n) is 7.11. The summed E-state index contributed by atoms with van der Waals surface area (Å²) in [6.45, 7) is 4.44. The third-order valence-corrected chi connectivity index (χ3v) is 9.63. The molecule has 3 N–H and O–H groups in total. The van der Waals surface area contributed by atoms with Crippen LogP contribution < -0.4 is 25.4 Å². The summed E-state index contributed by atoms with van der Waals surface area (Å²) in [7, 11) is 3.34. The molecule has 4 aliphatic rings. The van der Waals surface area contributed by atoms with Crippen molar-refractivity contribution in [3.8, 4) is 11.5 Å². The highest BCUT2D eigenvalue weighted by Gasteiger charge is 2.43. The molecule has 2 aliphatic heterocycles. The Hall–Kier alpha value is -4.01. The maximum absolute atomic E-state index is 12.9. The summed E-state index contributed by atoms with van der Waals surface area (Å²) in [6.07, 6.45) is 9.42. The van der Waals surface area contributed by atoms with Gasteiger partial charge in [0.2, 0.25) is 6.23 Å². The van der Waals surface area contributed by atoms with E-state index in [-0.39, 0.29) is 29.6 Å². The van der Waals surface area contributed by atoms with Crippen LogP contribution in [0.2, 0.25) is 0 Å². The number of carbonyl (C=O) groups is 1. The quantitative estimate of drug-likeness (QED) is 0.354. The molecule has 2 aliphatic carbocycles. The van der Waals surface area contributed by atoms with Crippen molar-refractivity contribution >= 4 is 29.5 Å². The van der Waals surface area contributed by atoms with Gasteiger partial charge in [-0.2, -0.15) is 0 Å². The standard InChI is InChI=1S/C35H45N5O4/c1-22-6-5-7-26(20-22)39-34(41)40-35(2)18-16-25(17-19-35)38-32-30-29(23-8-12-27(42-3)13-9-23)31(44-33(30)37-21-36-32)24-10-14-28(43-4)15-11-24/h8-15,21-22,25-26,30,33H,5-7,16-20H2,1-4H3,(H,36,37,38)(H2,39,40,41). The molecule has 9 heteroatoms. The molecule has 0 spiro atoms. The summed E-state index contributed by atoms with van der Waals surface area (Å²) in [5, 5.41) is 9.92. The van der Waals surface area contributed by atoms with Gasteiger partial charge in [-0.05, 0) is 93.3 Å². The summed E-state index contributed by atoms with van der Waals surface area (Å²) >= 11 is 0. The van der Waals surface area contributed by atoms with Crippen LogP contribution in [-0.4, -0.2) is 56.3 Å². The summed E-state index contributed by atoms with van der Waals surface area (Å²) in [4.78, 5) is 22.9. The predicted octanol–water partition coefficient (Wildman–Crippen LogP) is 6.15. The average molecular weight is 600 g/mol. The second kappa shape index (κ2) is 12.9. The van der Waals surface area contributed by atoms with Crippen LogP contribution >= 0.6 is 0 Å². The van der Waals surface area contributed by atoms with E-state index >= 15 is 0 Å². The minimum atomic E-state index is -0.411. The first-order chi connectivity index (χ1) is 21.3. The molecule has 2 aromatic carbocycles. The van der Waals surface area contributed by atoms with Crippen LogP contribution in [0.5, 0.6) is 11.5 Å². The molecule has 2 aromatic rings. The number of carbonyl (C=O) groups excluding carboxylic acids is 1. The van der Waals surface area contributed by atoms with E-state index in [0.717, 1.165) is 78.3 Å². The molecule has 6 rings (SSSR count). The van der Waals surface area contributed by atoms with Crippen LogP contribution in [0, 0.1) is 11.8 Å². The third-order valence-electron chi connectivity index (χ3n) is 9.63. The van der Waals surface area contributed by atoms with Crippen molar-refractivity contribution < 1.29 is 19.0 Å². The van der Waals surface area contributed by atoms with Crippen molar-refractivity contribution in [3.05, 3.63) is 59.7 Å². The monoisotopic (exact) mass is 599 g/mol. The van der Waals surface area contributed by atoms with Crippen molar-refractivity contribution in [2.24, 2.45) is 21.8 Å². The molecule has 0 aromatic heterocycles. The van der Waals surface area contributed by atoms with Gasteiger partial charge >= 0.3 is 6.03 Å². The van der Waals surface area contributed by atoms with Crippen LogP contribution in [0.4, 0.5) is 4.79 Å². The van der Waals surface area contributed by atoms with Gasteiger partial charge in [0.15, 0.2) is 0 Å². The lowest BCUT2D eigenvalue weighted by molar-refractivity contribution is 0.179. The molecule has 0 saturated heterocycles. The molecule has 2 saturated carbocycles. The topological polar surface area (TPSA) is 106 Å². The van der Waals surface area contributed by atoms with Crippen molar-refractivity contribution in [2.75, 3.05) is 14.2 Å². The van der Waals surface area contributed by atoms with E-state index < -0.39 is 6.23 Å². The number of methoxy groups -OCH3 is 2. The first-order valence-corrected chi connectivity index (χ1v) is 16.0. The lowest BCUT2D eigenvalue weighted by atomic mass is 9.80. The highest BCUT2D eigenvalue weighted by atomic mass is 16.5. The van der Waals surface area contributed by atoms with Gasteiger partial charge in [0.25, 0.3) is 0 Å².